The van der Waals surface area contributed by atoms with Crippen molar-refractivity contribution < 1.29 is 6.17 Å². The number of hydrogen-bond donors (Lipinski definition) is 0. The summed E-state index contributed by atoms with van der Waals surface area (Å²) in [6, 6.07) is 0. The zero-order chi connectivity index (χ0) is 7.82. The monoisotopic (exact) mass is 128 g/mol. The van der Waals surface area contributed by atoms with Crippen LogP contribution in [0.15, 0.2) is 4.99 Å². The predicted molar refractivity (Wildman–Crippen MR) is 37.1 cm³/mol. The van der Waals surface area contributed by atoms with Gasteiger partial charge in [0.2, 0.25) is 6.08 Å². The Morgan fingerprint density at radius 2 is 2.44 bits per heavy atom. The molecule has 0 aromatic carbocycles. The number of hydrogen-bond acceptors (Lipinski definition) is 2. The first kappa shape index (κ1) is 6.50. The molecular weight excluding hydrogens is 114 g/mol. The summed E-state index contributed by atoms with van der Waals surface area (Å²) in [4.78, 5) is 12.9. The lowest BCUT2D eigenvalue weighted by Crippen LogP contribution is -1.79. The van der Waals surface area contributed by atoms with Gasteiger partial charge in [0.25, 0.3) is 0 Å². The maximum Gasteiger partial charge on any atom is 0.234 e. The van der Waals surface area contributed by atoms with Gasteiger partial charge in [-0.25, -0.2) is 9.79 Å². The van der Waals surface area contributed by atoms with Crippen LogP contribution in [-0.4, -0.2) is 12.6 Å². The topological polar surface area (TPSA) is 29.4 Å². The summed E-state index contributed by atoms with van der Waals surface area (Å²) in [5.74, 6) is 0. The lowest BCUT2D eigenvalue weighted by molar-refractivity contribution is 0.561. The van der Waals surface area contributed by atoms with Crippen LogP contribution in [0.2, 0.25) is 0 Å². The van der Waals surface area contributed by atoms with E-state index in [1.807, 2.05) is 0 Å². The van der Waals surface area contributed by atoms with Crippen molar-refractivity contribution in [2.75, 3.05) is 6.54 Å². The molecule has 0 N–H and O–H groups in total. The molecule has 0 aliphatic carbocycles. The van der Waals surface area contributed by atoms with Crippen molar-refractivity contribution in [1.29, 1.82) is 0 Å². The Hall–Kier alpha value is -0.620. The van der Waals surface area contributed by atoms with Crippen LogP contribution >= 0.6 is 0 Å². The molecule has 9 heavy (non-hydrogen) atoms. The van der Waals surface area contributed by atoms with Crippen LogP contribution in [-0.2, 0) is 4.79 Å². The highest BCUT2D eigenvalue weighted by Crippen LogP contribution is 1.97. The minimum absolute atomic E-state index is 0.207. The molecule has 0 aromatic heterocycles. The average Bonchev–Trinajstić information content (AvgIpc) is 1.97. The Morgan fingerprint density at radius 3 is 3.00 bits per heavy atom. The van der Waals surface area contributed by atoms with Gasteiger partial charge >= 0.3 is 0 Å². The zero-order valence-corrected chi connectivity index (χ0v) is 5.76. The highest BCUT2D eigenvalue weighted by Gasteiger charge is 1.83. The van der Waals surface area contributed by atoms with E-state index in [4.69, 9.17) is 1.37 Å². The smallest absolute Gasteiger partial charge is 0.211 e. The highest BCUT2D eigenvalue weighted by atomic mass is 16.1. The fourth-order valence-corrected chi connectivity index (χ4v) is 0.542. The number of nitrogens with zero attached hydrogens (tertiary/aromatic N) is 1. The van der Waals surface area contributed by atoms with Crippen molar-refractivity contribution in [3.8, 4) is 0 Å². The van der Waals surface area contributed by atoms with E-state index in [-0.39, 0.29) is 6.40 Å². The van der Waals surface area contributed by atoms with Crippen molar-refractivity contribution in [3.63, 3.8) is 0 Å². The van der Waals surface area contributed by atoms with Gasteiger partial charge in [-0.2, -0.15) is 0 Å². The van der Waals surface area contributed by atoms with E-state index in [1.54, 1.807) is 0 Å². The van der Waals surface area contributed by atoms with Crippen molar-refractivity contribution in [2.45, 2.75) is 32.6 Å². The fourth-order valence-electron chi connectivity index (χ4n) is 0.542. The van der Waals surface area contributed by atoms with Crippen LogP contribution < -0.4 is 0 Å². The van der Waals surface area contributed by atoms with Crippen molar-refractivity contribution in [1.82, 2.24) is 0 Å². The third kappa shape index (κ3) is 7.38. The predicted octanol–water partition coefficient (Wildman–Crippen LogP) is 1.90. The Bertz CT molecular complexity index is 121. The molecule has 0 aliphatic rings. The molecule has 0 saturated heterocycles. The molecule has 0 spiro atoms. The molecule has 2 heteroatoms. The highest BCUT2D eigenvalue weighted by molar-refractivity contribution is 5.32. The van der Waals surface area contributed by atoms with E-state index in [9.17, 15) is 4.79 Å². The lowest BCUT2D eigenvalue weighted by atomic mass is 10.2. The third-order valence-corrected chi connectivity index (χ3v) is 1.05. The number of carbonyl (C=O) groups excluding carboxylic acids is 1. The van der Waals surface area contributed by atoms with Gasteiger partial charge < -0.3 is 0 Å². The Labute approximate surface area is 57.4 Å². The molecule has 0 fully saturated rings. The van der Waals surface area contributed by atoms with Crippen LogP contribution in [0.3, 0.4) is 0 Å². The molecule has 1 atom stereocenters. The first-order valence-corrected chi connectivity index (χ1v) is 3.27. The first-order valence-electron chi connectivity index (χ1n) is 3.84. The van der Waals surface area contributed by atoms with Crippen LogP contribution in [0.5, 0.6) is 0 Å². The van der Waals surface area contributed by atoms with E-state index >= 15 is 0 Å². The maximum atomic E-state index is 9.61. The van der Waals surface area contributed by atoms with E-state index in [0.29, 0.717) is 6.54 Å². The molecule has 0 radical (unpaired) electrons. The quantitative estimate of drug-likeness (QED) is 0.410. The first-order chi connectivity index (χ1) is 4.81. The molecular formula is C7H13NO. The van der Waals surface area contributed by atoms with Crippen molar-refractivity contribution in [2.24, 2.45) is 4.99 Å². The Morgan fingerprint density at radius 1 is 1.67 bits per heavy atom. The lowest BCUT2D eigenvalue weighted by Gasteiger charge is -1.90. The van der Waals surface area contributed by atoms with Gasteiger partial charge in [-0.1, -0.05) is 26.2 Å². The second-order valence-electron chi connectivity index (χ2n) is 1.86. The van der Waals surface area contributed by atoms with Crippen LogP contribution in [0.25, 0.3) is 0 Å². The van der Waals surface area contributed by atoms with E-state index in [2.05, 4.69) is 11.9 Å². The second-order valence-corrected chi connectivity index (χ2v) is 1.86. The number of isocyanates is 1. The summed E-state index contributed by atoms with van der Waals surface area (Å²) in [6.45, 7) is 2.39. The van der Waals surface area contributed by atoms with E-state index < -0.39 is 0 Å². The molecule has 0 unspecified atom stereocenters. The van der Waals surface area contributed by atoms with Gasteiger partial charge in [0.15, 0.2) is 0 Å². The van der Waals surface area contributed by atoms with Gasteiger partial charge in [0.05, 0.1) is 6.54 Å². The minimum Gasteiger partial charge on any atom is -0.211 e. The molecule has 0 rings (SSSR count). The van der Waals surface area contributed by atoms with Gasteiger partial charge in [-0.05, 0) is 6.40 Å². The molecule has 0 heterocycles. The zero-order valence-electron chi connectivity index (χ0n) is 6.76. The molecule has 0 aliphatic heterocycles. The summed E-state index contributed by atoms with van der Waals surface area (Å²) < 4.78 is 7.31. The normalized spacial score (nSPS) is 13.7. The Kier molecular flexibility index (Phi) is 5.33. The van der Waals surface area contributed by atoms with Gasteiger partial charge in [0.1, 0.15) is 0 Å². The molecule has 0 bridgehead atoms. The SMILES string of the molecule is [2H][C@H](CCCC)CN=C=O. The maximum absolute atomic E-state index is 9.61. The van der Waals surface area contributed by atoms with Crippen LogP contribution in [0, 0.1) is 0 Å². The Balaban J connectivity index is 3.24. The van der Waals surface area contributed by atoms with Crippen molar-refractivity contribution in [3.05, 3.63) is 0 Å². The number of rotatable bonds is 5. The summed E-state index contributed by atoms with van der Waals surface area (Å²) in [7, 11) is 0. The minimum atomic E-state index is -0.207. The summed E-state index contributed by atoms with van der Waals surface area (Å²) >= 11 is 0. The summed E-state index contributed by atoms with van der Waals surface area (Å²) in [5, 5.41) is 0. The van der Waals surface area contributed by atoms with Gasteiger partial charge in [0, 0.05) is 1.37 Å². The molecule has 0 saturated carbocycles. The average molecular weight is 128 g/mol. The van der Waals surface area contributed by atoms with Gasteiger partial charge in [-0.15, -0.1) is 0 Å². The summed E-state index contributed by atoms with van der Waals surface area (Å²) in [5.41, 5.74) is 0. The van der Waals surface area contributed by atoms with Gasteiger partial charge in [-0.3, -0.25) is 0 Å². The van der Waals surface area contributed by atoms with E-state index in [1.165, 1.54) is 6.08 Å². The van der Waals surface area contributed by atoms with E-state index in [0.717, 1.165) is 19.3 Å². The molecule has 2 nitrogen and oxygen atoms in total. The largest absolute Gasteiger partial charge is 0.234 e. The standard InChI is InChI=1S/C7H13NO/c1-2-3-4-5-6-8-7-9/h2-6H2,1H3/i5D/t5-/m1/s1. The van der Waals surface area contributed by atoms with Crippen LogP contribution in [0.4, 0.5) is 0 Å². The van der Waals surface area contributed by atoms with Crippen molar-refractivity contribution >= 4 is 6.08 Å². The summed E-state index contributed by atoms with van der Waals surface area (Å²) in [6.07, 6.45) is 4.20. The third-order valence-electron chi connectivity index (χ3n) is 1.05. The molecule has 0 amide bonds. The molecule has 52 valence electrons. The fraction of sp³-hybridized carbons (Fsp3) is 0.857. The number of unbranched alkanes of at least 4 members (excludes halogenated alkanes) is 1. The number of aliphatic imine (C=N–C) groups is 1. The molecule has 0 aromatic rings. The second kappa shape index (κ2) is 7.38. The van der Waals surface area contributed by atoms with Crippen LogP contribution in [0.1, 0.15) is 34.0 Å².